The third-order valence-electron chi connectivity index (χ3n) is 5.95. The van der Waals surface area contributed by atoms with Crippen LogP contribution in [-0.2, 0) is 33.6 Å². The van der Waals surface area contributed by atoms with Crippen molar-refractivity contribution in [3.8, 4) is 0 Å². The molecule has 0 unspecified atom stereocenters. The Morgan fingerprint density at radius 3 is 1.84 bits per heavy atom. The van der Waals surface area contributed by atoms with Crippen molar-refractivity contribution in [2.75, 3.05) is 52.9 Å². The summed E-state index contributed by atoms with van der Waals surface area (Å²) in [5.41, 5.74) is 0. The van der Waals surface area contributed by atoms with Crippen LogP contribution in [0, 0.1) is 0 Å². The highest BCUT2D eigenvalue weighted by Gasteiger charge is 2.23. The Hall–Kier alpha value is -3.77. The van der Waals surface area contributed by atoms with Crippen molar-refractivity contribution in [3.63, 3.8) is 0 Å². The number of nitrogens with zero attached hydrogens (tertiary/aromatic N) is 4. The van der Waals surface area contributed by atoms with Crippen LogP contribution in [0.4, 0.5) is 0 Å². The number of amides is 6. The topological polar surface area (TPSA) is 165 Å². The number of rotatable bonds is 18. The molecule has 38 heavy (non-hydrogen) atoms. The molecule has 0 saturated heterocycles. The predicted molar refractivity (Wildman–Crippen MR) is 136 cm³/mol. The second-order valence-corrected chi connectivity index (χ2v) is 8.84. The van der Waals surface area contributed by atoms with Crippen molar-refractivity contribution < 1.29 is 38.7 Å². The summed E-state index contributed by atoms with van der Waals surface area (Å²) in [7, 11) is 1.63. The fourth-order valence-electron chi connectivity index (χ4n) is 3.70. The number of nitrogens with one attached hydrogen (secondary N) is 1. The number of likely N-dealkylation sites (N-methyl/N-ethyl adjacent to an activating group) is 1. The van der Waals surface area contributed by atoms with Crippen LogP contribution in [0.1, 0.15) is 52.4 Å². The predicted octanol–water partition coefficient (Wildman–Crippen LogP) is -0.392. The number of hydrogen-bond acceptors (Lipinski definition) is 7. The summed E-state index contributed by atoms with van der Waals surface area (Å²) in [6.45, 7) is 5.00. The zero-order chi connectivity index (χ0) is 28.7. The molecule has 0 atom stereocenters. The highest BCUT2D eigenvalue weighted by molar-refractivity contribution is 6.12. The minimum absolute atomic E-state index is 0.0388. The van der Waals surface area contributed by atoms with Crippen LogP contribution in [0.3, 0.4) is 0 Å². The quantitative estimate of drug-likeness (QED) is 0.223. The molecule has 0 aromatic carbocycles. The fourth-order valence-corrected chi connectivity index (χ4v) is 3.70. The van der Waals surface area contributed by atoms with Gasteiger partial charge in [-0.2, -0.15) is 0 Å². The van der Waals surface area contributed by atoms with Gasteiger partial charge in [-0.1, -0.05) is 13.8 Å². The second-order valence-electron chi connectivity index (χ2n) is 8.84. The van der Waals surface area contributed by atoms with Gasteiger partial charge in [0.2, 0.25) is 23.6 Å². The van der Waals surface area contributed by atoms with Crippen molar-refractivity contribution in [1.82, 2.24) is 24.9 Å². The Morgan fingerprint density at radius 1 is 0.789 bits per heavy atom. The molecule has 1 heterocycles. The van der Waals surface area contributed by atoms with E-state index in [0.717, 1.165) is 17.1 Å². The maximum absolute atomic E-state index is 12.8. The first kappa shape index (κ1) is 32.3. The average molecular weight is 538 g/mol. The third kappa shape index (κ3) is 11.5. The van der Waals surface area contributed by atoms with Crippen LogP contribution < -0.4 is 5.32 Å². The Bertz CT molecular complexity index is 901. The molecule has 0 aliphatic carbocycles. The van der Waals surface area contributed by atoms with E-state index in [1.54, 1.807) is 18.9 Å². The Kier molecular flexibility index (Phi) is 14.3. The van der Waals surface area contributed by atoms with Crippen molar-refractivity contribution >= 4 is 41.4 Å². The maximum Gasteiger partial charge on any atom is 0.303 e. The lowest BCUT2D eigenvalue weighted by Crippen LogP contribution is -2.44. The van der Waals surface area contributed by atoms with Gasteiger partial charge in [0.05, 0.1) is 6.42 Å². The minimum Gasteiger partial charge on any atom is -0.481 e. The van der Waals surface area contributed by atoms with E-state index in [4.69, 9.17) is 5.11 Å². The average Bonchev–Trinajstić information content (AvgIpc) is 3.21. The standard InChI is InChI=1S/C25H39N5O8/c1-4-13-28(21(33)7-6-19(31)26-12-14-30-23(35)8-9-24(30)36)17-18-29(22(34)10-11-25(37)38)16-15-27(3)20(32)5-2/h8-9H,4-7,10-18H2,1-3H3,(H,26,31)(H,37,38). The molecule has 0 fully saturated rings. The summed E-state index contributed by atoms with van der Waals surface area (Å²) in [4.78, 5) is 89.0. The molecular weight excluding hydrogens is 498 g/mol. The zero-order valence-corrected chi connectivity index (χ0v) is 22.4. The summed E-state index contributed by atoms with van der Waals surface area (Å²) < 4.78 is 0. The molecule has 0 saturated carbocycles. The first-order chi connectivity index (χ1) is 18.0. The van der Waals surface area contributed by atoms with Gasteiger partial charge in [0.15, 0.2) is 0 Å². The number of aliphatic carboxylic acids is 1. The van der Waals surface area contributed by atoms with Gasteiger partial charge in [-0.3, -0.25) is 38.5 Å². The number of carboxylic acids is 1. The van der Waals surface area contributed by atoms with Gasteiger partial charge in [0, 0.05) is 90.7 Å². The second kappa shape index (κ2) is 16.9. The van der Waals surface area contributed by atoms with Gasteiger partial charge < -0.3 is 25.1 Å². The number of carboxylic acid groups (broad SMARTS) is 1. The third-order valence-corrected chi connectivity index (χ3v) is 5.95. The first-order valence-corrected chi connectivity index (χ1v) is 12.8. The number of carbonyl (C=O) groups excluding carboxylic acids is 6. The van der Waals surface area contributed by atoms with Crippen LogP contribution in [0.2, 0.25) is 0 Å². The monoisotopic (exact) mass is 537 g/mol. The van der Waals surface area contributed by atoms with Gasteiger partial charge >= 0.3 is 5.97 Å². The molecule has 1 aliphatic rings. The van der Waals surface area contributed by atoms with Crippen LogP contribution in [-0.4, -0.2) is 119 Å². The molecule has 0 spiro atoms. The van der Waals surface area contributed by atoms with Crippen LogP contribution in [0.5, 0.6) is 0 Å². The van der Waals surface area contributed by atoms with Crippen LogP contribution >= 0.6 is 0 Å². The highest BCUT2D eigenvalue weighted by Crippen LogP contribution is 2.05. The number of imide groups is 1. The zero-order valence-electron chi connectivity index (χ0n) is 22.4. The number of carbonyl (C=O) groups is 7. The maximum atomic E-state index is 12.8. The molecule has 13 heteroatoms. The summed E-state index contributed by atoms with van der Waals surface area (Å²) in [5, 5.41) is 11.5. The van der Waals surface area contributed by atoms with E-state index in [9.17, 15) is 33.6 Å². The minimum atomic E-state index is -1.09. The summed E-state index contributed by atoms with van der Waals surface area (Å²) in [5.74, 6) is -3.09. The van der Waals surface area contributed by atoms with Crippen molar-refractivity contribution in [1.29, 1.82) is 0 Å². The molecule has 0 aromatic rings. The van der Waals surface area contributed by atoms with E-state index in [-0.39, 0.29) is 82.7 Å². The van der Waals surface area contributed by atoms with Gasteiger partial charge in [0.25, 0.3) is 11.8 Å². The smallest absolute Gasteiger partial charge is 0.303 e. The molecule has 0 radical (unpaired) electrons. The Morgan fingerprint density at radius 2 is 1.32 bits per heavy atom. The summed E-state index contributed by atoms with van der Waals surface area (Å²) >= 11 is 0. The van der Waals surface area contributed by atoms with Crippen LogP contribution in [0.15, 0.2) is 12.2 Å². The van der Waals surface area contributed by atoms with Gasteiger partial charge in [-0.25, -0.2) is 0 Å². The van der Waals surface area contributed by atoms with E-state index in [0.29, 0.717) is 19.4 Å². The van der Waals surface area contributed by atoms with Crippen molar-refractivity contribution in [2.24, 2.45) is 0 Å². The first-order valence-electron chi connectivity index (χ1n) is 12.8. The van der Waals surface area contributed by atoms with Crippen LogP contribution in [0.25, 0.3) is 0 Å². The molecule has 1 rings (SSSR count). The van der Waals surface area contributed by atoms with E-state index in [1.165, 1.54) is 9.80 Å². The van der Waals surface area contributed by atoms with Crippen molar-refractivity contribution in [3.05, 3.63) is 12.2 Å². The molecule has 13 nitrogen and oxygen atoms in total. The Labute approximate surface area is 222 Å². The van der Waals surface area contributed by atoms with E-state index < -0.39 is 23.7 Å². The highest BCUT2D eigenvalue weighted by atomic mass is 16.4. The molecule has 212 valence electrons. The molecular formula is C25H39N5O8. The van der Waals surface area contributed by atoms with E-state index in [2.05, 4.69) is 5.32 Å². The van der Waals surface area contributed by atoms with Gasteiger partial charge in [-0.15, -0.1) is 0 Å². The molecule has 0 aromatic heterocycles. The Balaban J connectivity index is 2.61. The number of hydrogen-bond donors (Lipinski definition) is 2. The molecule has 0 bridgehead atoms. The van der Waals surface area contributed by atoms with E-state index in [1.807, 2.05) is 6.92 Å². The van der Waals surface area contributed by atoms with E-state index >= 15 is 0 Å². The fraction of sp³-hybridized carbons (Fsp3) is 0.640. The van der Waals surface area contributed by atoms with Gasteiger partial charge in [-0.05, 0) is 6.42 Å². The summed E-state index contributed by atoms with van der Waals surface area (Å²) in [6, 6.07) is 0. The molecule has 2 N–H and O–H groups in total. The lowest BCUT2D eigenvalue weighted by Gasteiger charge is -2.29. The van der Waals surface area contributed by atoms with Gasteiger partial charge in [0.1, 0.15) is 0 Å². The largest absolute Gasteiger partial charge is 0.481 e. The lowest BCUT2D eigenvalue weighted by molar-refractivity contribution is -0.141. The molecule has 6 amide bonds. The normalized spacial score (nSPS) is 12.4. The lowest BCUT2D eigenvalue weighted by atomic mass is 10.2. The molecule has 1 aliphatic heterocycles. The summed E-state index contributed by atoms with van der Waals surface area (Å²) in [6.07, 6.45) is 2.66. The van der Waals surface area contributed by atoms with Crippen molar-refractivity contribution in [2.45, 2.75) is 52.4 Å². The SMILES string of the molecule is CCCN(CCN(CCN(C)C(=O)CC)C(=O)CCC(=O)O)C(=O)CCC(=O)NCCN1C(=O)C=CC1=O.